The van der Waals surface area contributed by atoms with Crippen LogP contribution in [0.25, 0.3) is 0 Å². The summed E-state index contributed by atoms with van der Waals surface area (Å²) in [5.74, 6) is -5.72. The minimum absolute atomic E-state index is 0. The number of nitrogens with zero attached hydrogens (tertiary/aromatic N) is 4. The van der Waals surface area contributed by atoms with Crippen LogP contribution < -0.4 is 57.6 Å². The van der Waals surface area contributed by atoms with Gasteiger partial charge in [-0.25, -0.2) is 0 Å². The van der Waals surface area contributed by atoms with Crippen molar-refractivity contribution in [2.45, 2.75) is 13.5 Å². The Kier molecular flexibility index (Phi) is 45.7. The molecule has 0 fully saturated rings. The summed E-state index contributed by atoms with van der Waals surface area (Å²) in [6.07, 6.45) is 0. The van der Waals surface area contributed by atoms with Gasteiger partial charge in [0.25, 0.3) is 23.6 Å². The minimum atomic E-state index is -0.873. The second kappa shape index (κ2) is 42.3. The fraction of sp³-hybridized carbons (Fsp3) is 0.130. The van der Waals surface area contributed by atoms with E-state index in [-0.39, 0.29) is 247 Å². The summed E-state index contributed by atoms with van der Waals surface area (Å²) in [6.45, 7) is 0.764. The average Bonchev–Trinajstić information content (AvgIpc) is 3.27. The molecule has 0 aromatic heterocycles. The molecule has 0 saturated heterocycles. The number of ether oxygens (including phenoxy) is 3. The summed E-state index contributed by atoms with van der Waals surface area (Å²) >= 11 is 0. The van der Waals surface area contributed by atoms with Crippen molar-refractivity contribution in [2.75, 3.05) is 26.2 Å². The number of aryl methyl sites for hydroxylation is 1. The van der Waals surface area contributed by atoms with Gasteiger partial charge in [0.1, 0.15) is 35.4 Å². The molecule has 0 aliphatic rings. The third-order valence-electron chi connectivity index (χ3n) is 8.43. The molecule has 0 radical (unpaired) electrons. The van der Waals surface area contributed by atoms with Crippen molar-refractivity contribution in [3.63, 3.8) is 0 Å². The van der Waals surface area contributed by atoms with E-state index in [1.54, 1.807) is 24.3 Å². The Labute approximate surface area is 562 Å². The largest absolute Gasteiger partial charge is 0.603 e. The monoisotopic (exact) mass is 2420 g/mol. The first-order valence-electron chi connectivity index (χ1n) is 20.0. The summed E-state index contributed by atoms with van der Waals surface area (Å²) in [4.78, 5) is 107. The van der Waals surface area contributed by atoms with Gasteiger partial charge in [0.2, 0.25) is 23.6 Å². The van der Waals surface area contributed by atoms with Gasteiger partial charge in [-0.2, -0.15) is 0 Å². The van der Waals surface area contributed by atoms with Gasteiger partial charge in [0.05, 0.1) is 0 Å². The van der Waals surface area contributed by atoms with Crippen molar-refractivity contribution >= 4 is 47.3 Å². The van der Waals surface area contributed by atoms with E-state index in [1.807, 2.05) is 19.1 Å². The zero-order valence-corrected chi connectivity index (χ0v) is 64.2. The Morgan fingerprint density at radius 1 is 0.364 bits per heavy atom. The Balaban J connectivity index is -0.00000216. The molecule has 0 heterocycles. The molecule has 23 nitrogen and oxygen atoms in total. The summed E-state index contributed by atoms with van der Waals surface area (Å²) < 4.78 is 18.5. The van der Waals surface area contributed by atoms with Crippen molar-refractivity contribution in [3.8, 4) is 28.7 Å². The van der Waals surface area contributed by atoms with Gasteiger partial charge in [0.15, 0.2) is 0 Å². The fourth-order valence-corrected chi connectivity index (χ4v) is 5.51. The van der Waals surface area contributed by atoms with Gasteiger partial charge in [0, 0.05) is 223 Å². The van der Waals surface area contributed by atoms with Crippen molar-refractivity contribution in [3.05, 3.63) is 169 Å². The number of rotatable bonds is 19. The quantitative estimate of drug-likeness (QED) is 0.0491. The van der Waals surface area contributed by atoms with Crippen LogP contribution in [-0.4, -0.2) is 93.0 Å². The molecule has 0 spiro atoms. The van der Waals surface area contributed by atoms with E-state index in [2.05, 4.69) is 99.8 Å². The number of hydrogen-bond acceptors (Lipinski definition) is 15. The van der Waals surface area contributed by atoms with E-state index in [1.165, 1.54) is 42.5 Å². The van der Waals surface area contributed by atoms with E-state index in [0.29, 0.717) is 11.3 Å². The second-order valence-electron chi connectivity index (χ2n) is 14.9. The Morgan fingerprint density at radius 2 is 0.623 bits per heavy atom. The molecule has 4 rings (SSSR count). The first-order chi connectivity index (χ1) is 32.6. The minimum Gasteiger partial charge on any atom is -0.603 e. The molecule has 416 valence electrons. The van der Waals surface area contributed by atoms with Crippen LogP contribution >= 0.6 is 0 Å². The summed E-state index contributed by atoms with van der Waals surface area (Å²) in [5.41, 5.74) is 18.5. The van der Waals surface area contributed by atoms with Crippen LogP contribution in [0.5, 0.6) is 28.7 Å². The number of nitrogens with one attached hydrogen (secondary N) is 8. The summed E-state index contributed by atoms with van der Waals surface area (Å²) in [7, 11) is 27.9. The first-order valence-corrected chi connectivity index (χ1v) is 20.0. The topological polar surface area (TPSA) is 273 Å². The summed E-state index contributed by atoms with van der Waals surface area (Å²) in [6, 6.07) is 19.1. The predicted octanol–water partition coefficient (Wildman–Crippen LogP) is 1.72. The fourth-order valence-electron chi connectivity index (χ4n) is 5.51. The molecule has 4 aromatic carbocycles. The van der Waals surface area contributed by atoms with Crippen molar-refractivity contribution < 1.29 is 221 Å². The van der Waals surface area contributed by atoms with Crippen molar-refractivity contribution in [1.29, 1.82) is 0 Å². The molecule has 0 saturated carbocycles. The molecule has 0 aliphatic heterocycles. The van der Waals surface area contributed by atoms with Crippen LogP contribution in [0, 0.1) is 63.3 Å². The van der Waals surface area contributed by atoms with Crippen LogP contribution in [0.1, 0.15) is 52.6 Å². The number of hydrazine groups is 4. The van der Waals surface area contributed by atoms with Crippen LogP contribution in [0.2, 0.25) is 0 Å². The van der Waals surface area contributed by atoms with E-state index >= 15 is 0 Å². The van der Waals surface area contributed by atoms with Gasteiger partial charge in [-0.3, -0.25) is 81.8 Å². The number of hydrogen-bond donors (Lipinski definition) is 8. The molecule has 31 heteroatoms. The molecular formula is C46H50N12O11W8-8. The third kappa shape index (κ3) is 31.8. The number of carbonyl (C=O) groups is 8. The SMILES string of the molecule is [CH2-]N([CH2-])CC(=O)NNC(=O)c1cc(Oc2cc(COc3ccc(C)cc3)cc(Oc3cc(C(=O)NNC(=O)CN([CH2-])[CH2-])cc(C(=O)NNC(=O)CN([CH2-])[CH2-])c3)c2)cc(C(=O)NNC(=O)CN([CH2-])[CH2-])c1.[W].[W].[W].[W].[W].[W].[W].[W]. The molecule has 4 aromatic rings. The molecule has 8 amide bonds. The molecule has 0 bridgehead atoms. The van der Waals surface area contributed by atoms with Crippen LogP contribution in [0.15, 0.2) is 78.9 Å². The normalized spacial score (nSPS) is 9.68. The molecule has 8 N–H and O–H groups in total. The maximum absolute atomic E-state index is 13.3. The van der Waals surface area contributed by atoms with Gasteiger partial charge in [-0.1, -0.05) is 17.7 Å². The number of amides is 8. The average molecular weight is 2420 g/mol. The zero-order chi connectivity index (χ0) is 50.8. The van der Waals surface area contributed by atoms with Gasteiger partial charge >= 0.3 is 0 Å². The van der Waals surface area contributed by atoms with Gasteiger partial charge in [-0.05, 0) is 73.2 Å². The van der Waals surface area contributed by atoms with Crippen molar-refractivity contribution in [1.82, 2.24) is 63.0 Å². The smallest absolute Gasteiger partial charge is 0.269 e. The number of benzene rings is 4. The Bertz CT molecular complexity index is 2290. The van der Waals surface area contributed by atoms with E-state index in [0.717, 1.165) is 25.2 Å². The molecule has 0 unspecified atom stereocenters. The van der Waals surface area contributed by atoms with E-state index < -0.39 is 47.3 Å². The van der Waals surface area contributed by atoms with Crippen LogP contribution in [-0.2, 0) is 194 Å². The van der Waals surface area contributed by atoms with E-state index in [9.17, 15) is 38.4 Å². The first kappa shape index (κ1) is 83.2. The Hall–Kier alpha value is -2.61. The van der Waals surface area contributed by atoms with Crippen molar-refractivity contribution in [2.24, 2.45) is 0 Å². The standard InChI is InChI=1S/C46H50N12O11.8W/c1-28-10-12-34(13-11-28)67-27-29-14-35(68-37-18-30(43(63)51-47-39(59)23-55(2)3)16-31(19-37)44(64)52-48-40(60)24-56(4)5)22-36(15-29)69-38-20-32(45(65)53-49-41(61)25-57(6)7)17-33(21-38)46(66)54-50-42(62)26-58(8)9;;;;;;;;/h10-22H,2-9,23-27H2,1H3,(H,47,59)(H,48,60)(H,49,61)(H,50,62)(H,51,63)(H,52,64)(H,53,65)(H,54,66);;;;;;;;/q-8;;;;;;;;. The maximum atomic E-state index is 13.3. The maximum Gasteiger partial charge on any atom is 0.269 e. The molecule has 77 heavy (non-hydrogen) atoms. The van der Waals surface area contributed by atoms with Crippen LogP contribution in [0.3, 0.4) is 0 Å². The van der Waals surface area contributed by atoms with Gasteiger partial charge < -0.3 is 90.2 Å². The molecule has 0 aliphatic carbocycles. The third-order valence-corrected chi connectivity index (χ3v) is 8.43. The summed E-state index contributed by atoms with van der Waals surface area (Å²) in [5, 5.41) is 0. The Morgan fingerprint density at radius 3 is 0.883 bits per heavy atom. The van der Waals surface area contributed by atoms with Crippen LogP contribution in [0.4, 0.5) is 0 Å². The predicted molar refractivity (Wildman–Crippen MR) is 247 cm³/mol. The molecular weight excluding hydrogens is 2370 g/mol. The zero-order valence-electron chi connectivity index (χ0n) is 40.7. The molecule has 0 atom stereocenters. The van der Waals surface area contributed by atoms with Gasteiger partial charge in [-0.15, -0.1) is 0 Å². The second-order valence-corrected chi connectivity index (χ2v) is 14.9. The van der Waals surface area contributed by atoms with E-state index in [4.69, 9.17) is 14.2 Å². The number of carbonyl (C=O) groups excluding carboxylic acids is 8.